The monoisotopic (exact) mass is 385 g/mol. The van der Waals surface area contributed by atoms with Gasteiger partial charge in [-0.2, -0.15) is 5.10 Å². The SMILES string of the molecule is C1=CNC(NC2CCNCC2)(Oc2cn(C3CC3)nc2C2CCOCC2)C=C1. The Hall–Kier alpha value is -1.83. The van der Waals surface area contributed by atoms with Gasteiger partial charge in [0.1, 0.15) is 5.69 Å². The van der Waals surface area contributed by atoms with Crippen molar-refractivity contribution in [2.45, 2.75) is 62.4 Å². The third-order valence-corrected chi connectivity index (χ3v) is 6.12. The molecule has 1 atom stereocenters. The molecule has 152 valence electrons. The number of aromatic nitrogens is 2. The number of rotatable bonds is 6. The van der Waals surface area contributed by atoms with Crippen LogP contribution in [0.2, 0.25) is 0 Å². The van der Waals surface area contributed by atoms with Crippen LogP contribution in [0.1, 0.15) is 56.2 Å². The molecule has 1 aliphatic carbocycles. The van der Waals surface area contributed by atoms with Gasteiger partial charge in [-0.15, -0.1) is 0 Å². The Kier molecular flexibility index (Phi) is 5.13. The number of dihydropyridines is 1. The molecule has 7 heteroatoms. The number of nitrogens with zero attached hydrogens (tertiary/aromatic N) is 2. The molecule has 1 unspecified atom stereocenters. The minimum absolute atomic E-state index is 0.405. The fraction of sp³-hybridized carbons (Fsp3) is 0.667. The zero-order valence-corrected chi connectivity index (χ0v) is 16.4. The lowest BCUT2D eigenvalue weighted by molar-refractivity contribution is 0.0383. The van der Waals surface area contributed by atoms with E-state index < -0.39 is 5.85 Å². The van der Waals surface area contributed by atoms with Crippen molar-refractivity contribution >= 4 is 0 Å². The standard InChI is InChI=1S/C21H31N5O2/c1-2-10-23-21(9-1,24-17-5-11-22-12-6-17)28-19-15-26(18-3-4-18)25-20(19)16-7-13-27-14-8-16/h1-2,9-10,15-18,22-24H,3-8,11-14H2. The predicted octanol–water partition coefficient (Wildman–Crippen LogP) is 2.16. The van der Waals surface area contributed by atoms with E-state index in [-0.39, 0.29) is 0 Å². The molecule has 1 aromatic heterocycles. The summed E-state index contributed by atoms with van der Waals surface area (Å²) in [6.45, 7) is 3.69. The maximum Gasteiger partial charge on any atom is 0.258 e. The minimum Gasteiger partial charge on any atom is -0.447 e. The van der Waals surface area contributed by atoms with Gasteiger partial charge in [-0.05, 0) is 63.8 Å². The zero-order valence-electron chi connectivity index (χ0n) is 16.4. The van der Waals surface area contributed by atoms with Gasteiger partial charge >= 0.3 is 0 Å². The van der Waals surface area contributed by atoms with Crippen molar-refractivity contribution in [3.8, 4) is 5.75 Å². The van der Waals surface area contributed by atoms with Crippen LogP contribution >= 0.6 is 0 Å². The third kappa shape index (κ3) is 3.97. The number of hydrogen-bond acceptors (Lipinski definition) is 6. The summed E-state index contributed by atoms with van der Waals surface area (Å²) in [4.78, 5) is 0. The van der Waals surface area contributed by atoms with Crippen LogP contribution in [0.5, 0.6) is 5.75 Å². The van der Waals surface area contributed by atoms with Gasteiger partial charge in [0, 0.05) is 31.4 Å². The Balaban J connectivity index is 1.41. The van der Waals surface area contributed by atoms with E-state index in [1.807, 2.05) is 18.4 Å². The summed E-state index contributed by atoms with van der Waals surface area (Å²) in [5.41, 5.74) is 1.09. The van der Waals surface area contributed by atoms with Crippen molar-refractivity contribution in [3.05, 3.63) is 36.3 Å². The van der Waals surface area contributed by atoms with E-state index in [9.17, 15) is 0 Å². The Morgan fingerprint density at radius 1 is 1.11 bits per heavy atom. The fourth-order valence-corrected chi connectivity index (χ4v) is 4.34. The molecule has 28 heavy (non-hydrogen) atoms. The minimum atomic E-state index is -0.728. The number of hydrogen-bond donors (Lipinski definition) is 3. The van der Waals surface area contributed by atoms with Crippen LogP contribution in [0.15, 0.2) is 30.6 Å². The summed E-state index contributed by atoms with van der Waals surface area (Å²) < 4.78 is 14.4. The average molecular weight is 386 g/mol. The molecule has 3 N–H and O–H groups in total. The lowest BCUT2D eigenvalue weighted by atomic mass is 9.96. The maximum absolute atomic E-state index is 6.68. The summed E-state index contributed by atoms with van der Waals surface area (Å²) in [6.07, 6.45) is 16.8. The van der Waals surface area contributed by atoms with Gasteiger partial charge in [-0.1, -0.05) is 6.08 Å². The van der Waals surface area contributed by atoms with E-state index >= 15 is 0 Å². The number of piperidine rings is 1. The first kappa shape index (κ1) is 18.2. The number of ether oxygens (including phenoxy) is 2. The first-order valence-electron chi connectivity index (χ1n) is 10.8. The second-order valence-electron chi connectivity index (χ2n) is 8.35. The summed E-state index contributed by atoms with van der Waals surface area (Å²) in [7, 11) is 0. The molecule has 1 saturated carbocycles. The van der Waals surface area contributed by atoms with Gasteiger partial charge in [0.15, 0.2) is 5.75 Å². The van der Waals surface area contributed by atoms with Gasteiger partial charge < -0.3 is 20.1 Å². The molecule has 0 spiro atoms. The molecule has 4 heterocycles. The molecule has 0 bridgehead atoms. The van der Waals surface area contributed by atoms with Crippen LogP contribution < -0.4 is 20.7 Å². The molecule has 0 aromatic carbocycles. The highest BCUT2D eigenvalue weighted by Crippen LogP contribution is 2.40. The Bertz CT molecular complexity index is 729. The molecule has 1 aromatic rings. The molecule has 3 fully saturated rings. The number of allylic oxidation sites excluding steroid dienone is 2. The maximum atomic E-state index is 6.68. The molecule has 7 nitrogen and oxygen atoms in total. The van der Waals surface area contributed by atoms with Crippen LogP contribution in [0.25, 0.3) is 0 Å². The largest absolute Gasteiger partial charge is 0.447 e. The topological polar surface area (TPSA) is 72.4 Å². The van der Waals surface area contributed by atoms with Crippen LogP contribution in [-0.2, 0) is 4.74 Å². The van der Waals surface area contributed by atoms with E-state index in [0.29, 0.717) is 18.0 Å². The molecule has 5 rings (SSSR count). The molecule has 4 aliphatic rings. The summed E-state index contributed by atoms with van der Waals surface area (Å²) in [5.74, 6) is 0.573. The Morgan fingerprint density at radius 2 is 1.93 bits per heavy atom. The zero-order chi connectivity index (χ0) is 18.8. The van der Waals surface area contributed by atoms with Crippen molar-refractivity contribution in [3.63, 3.8) is 0 Å². The smallest absolute Gasteiger partial charge is 0.258 e. The van der Waals surface area contributed by atoms with Crippen molar-refractivity contribution in [2.75, 3.05) is 26.3 Å². The highest BCUT2D eigenvalue weighted by atomic mass is 16.5. The van der Waals surface area contributed by atoms with E-state index in [0.717, 1.165) is 63.4 Å². The molecule has 2 saturated heterocycles. The van der Waals surface area contributed by atoms with Gasteiger partial charge in [0.25, 0.3) is 5.85 Å². The molecular formula is C21H31N5O2. The first-order chi connectivity index (χ1) is 13.8. The Morgan fingerprint density at radius 3 is 2.64 bits per heavy atom. The van der Waals surface area contributed by atoms with Crippen LogP contribution in [-0.4, -0.2) is 48.0 Å². The first-order valence-corrected chi connectivity index (χ1v) is 10.8. The molecule has 3 aliphatic heterocycles. The van der Waals surface area contributed by atoms with Crippen molar-refractivity contribution in [1.29, 1.82) is 0 Å². The van der Waals surface area contributed by atoms with E-state index in [4.69, 9.17) is 14.6 Å². The van der Waals surface area contributed by atoms with E-state index in [1.54, 1.807) is 0 Å². The van der Waals surface area contributed by atoms with Gasteiger partial charge in [-0.25, -0.2) is 0 Å². The van der Waals surface area contributed by atoms with Gasteiger partial charge in [0.05, 0.1) is 12.2 Å². The molecule has 0 amide bonds. The summed E-state index contributed by atoms with van der Waals surface area (Å²) in [5, 5.41) is 15.6. The quantitative estimate of drug-likeness (QED) is 0.652. The van der Waals surface area contributed by atoms with Crippen molar-refractivity contribution in [1.82, 2.24) is 25.7 Å². The predicted molar refractivity (Wildman–Crippen MR) is 107 cm³/mol. The van der Waals surface area contributed by atoms with Crippen molar-refractivity contribution in [2.24, 2.45) is 0 Å². The second kappa shape index (κ2) is 7.89. The third-order valence-electron chi connectivity index (χ3n) is 6.12. The van der Waals surface area contributed by atoms with Crippen LogP contribution in [0.4, 0.5) is 0 Å². The lowest BCUT2D eigenvalue weighted by Gasteiger charge is -2.38. The van der Waals surface area contributed by atoms with Gasteiger partial charge in [-0.3, -0.25) is 10.00 Å². The Labute approximate surface area is 166 Å². The van der Waals surface area contributed by atoms with E-state index in [1.165, 1.54) is 12.8 Å². The lowest BCUT2D eigenvalue weighted by Crippen LogP contribution is -2.63. The van der Waals surface area contributed by atoms with E-state index in [2.05, 4.69) is 32.9 Å². The van der Waals surface area contributed by atoms with Crippen LogP contribution in [0, 0.1) is 0 Å². The molecule has 0 radical (unpaired) electrons. The fourth-order valence-electron chi connectivity index (χ4n) is 4.34. The number of nitrogens with one attached hydrogen (secondary N) is 3. The highest BCUT2D eigenvalue weighted by Gasteiger charge is 2.36. The summed E-state index contributed by atoms with van der Waals surface area (Å²) in [6, 6.07) is 0.953. The van der Waals surface area contributed by atoms with Crippen molar-refractivity contribution < 1.29 is 9.47 Å². The van der Waals surface area contributed by atoms with Gasteiger partial charge in [0.2, 0.25) is 0 Å². The molecular weight excluding hydrogens is 354 g/mol. The average Bonchev–Trinajstić information content (AvgIpc) is 3.51. The second-order valence-corrected chi connectivity index (χ2v) is 8.35. The summed E-state index contributed by atoms with van der Waals surface area (Å²) >= 11 is 0. The van der Waals surface area contributed by atoms with Crippen LogP contribution in [0.3, 0.4) is 0 Å². The normalized spacial score (nSPS) is 29.0. The highest BCUT2D eigenvalue weighted by molar-refractivity contribution is 5.31.